The highest BCUT2D eigenvalue weighted by atomic mass is 16.3. The van der Waals surface area contributed by atoms with Crippen LogP contribution >= 0.6 is 0 Å². The number of allylic oxidation sites excluding steroid dienone is 2. The van der Waals surface area contributed by atoms with Gasteiger partial charge in [0.05, 0.1) is 24.7 Å². The fourth-order valence-electron chi connectivity index (χ4n) is 5.12. The van der Waals surface area contributed by atoms with Crippen molar-refractivity contribution in [1.82, 2.24) is 0 Å². The topological polar surface area (TPSA) is 98.0 Å². The predicted molar refractivity (Wildman–Crippen MR) is 93.5 cm³/mol. The van der Waals surface area contributed by atoms with E-state index in [4.69, 9.17) is 0 Å². The number of aliphatic hydroxyl groups excluding tert-OH is 3. The van der Waals surface area contributed by atoms with Crippen molar-refractivity contribution in [2.45, 2.75) is 58.3 Å². The second-order valence-corrected chi connectivity index (χ2v) is 8.87. The smallest absolute Gasteiger partial charge is 0.190 e. The van der Waals surface area contributed by atoms with Crippen LogP contribution in [0.2, 0.25) is 0 Å². The van der Waals surface area contributed by atoms with E-state index in [-0.39, 0.29) is 30.3 Å². The van der Waals surface area contributed by atoms with Crippen LogP contribution in [0.4, 0.5) is 0 Å². The first kappa shape index (κ1) is 18.8. The lowest BCUT2D eigenvalue weighted by atomic mass is 9.77. The Morgan fingerprint density at radius 1 is 1.28 bits per heavy atom. The van der Waals surface area contributed by atoms with Crippen molar-refractivity contribution in [3.8, 4) is 0 Å². The number of carbonyl (C=O) groups excluding carboxylic acids is 1. The zero-order valence-electron chi connectivity index (χ0n) is 15.4. The molecule has 5 nitrogen and oxygen atoms in total. The molecule has 0 bridgehead atoms. The first-order valence-electron chi connectivity index (χ1n) is 9.17. The maximum atomic E-state index is 13.1. The second kappa shape index (κ2) is 6.02. The van der Waals surface area contributed by atoms with Gasteiger partial charge in [-0.25, -0.2) is 0 Å². The molecule has 0 heterocycles. The normalized spacial score (nSPS) is 46.5. The Balaban J connectivity index is 2.10. The summed E-state index contributed by atoms with van der Waals surface area (Å²) in [4.78, 5) is 13.1. The minimum atomic E-state index is -1.81. The number of hydrogen-bond donors (Lipinski definition) is 4. The lowest BCUT2D eigenvalue weighted by Gasteiger charge is -2.34. The van der Waals surface area contributed by atoms with Crippen LogP contribution in [0.25, 0.3) is 0 Å². The number of ketones is 1. The highest BCUT2D eigenvalue weighted by Gasteiger charge is 2.60. The summed E-state index contributed by atoms with van der Waals surface area (Å²) in [5, 5.41) is 42.3. The van der Waals surface area contributed by atoms with Crippen LogP contribution in [0.15, 0.2) is 23.3 Å². The van der Waals surface area contributed by atoms with Gasteiger partial charge in [-0.3, -0.25) is 4.79 Å². The fourth-order valence-corrected chi connectivity index (χ4v) is 5.12. The Morgan fingerprint density at radius 3 is 2.52 bits per heavy atom. The molecule has 0 aromatic heterocycles. The van der Waals surface area contributed by atoms with Gasteiger partial charge in [0.2, 0.25) is 0 Å². The third-order valence-corrected chi connectivity index (χ3v) is 6.99. The summed E-state index contributed by atoms with van der Waals surface area (Å²) in [5.41, 5.74) is -0.890. The van der Waals surface area contributed by atoms with Gasteiger partial charge in [0.1, 0.15) is 5.60 Å². The molecule has 4 N–H and O–H groups in total. The van der Waals surface area contributed by atoms with E-state index >= 15 is 0 Å². The first-order valence-corrected chi connectivity index (χ1v) is 9.17. The minimum absolute atomic E-state index is 0.0489. The van der Waals surface area contributed by atoms with Crippen molar-refractivity contribution in [3.63, 3.8) is 0 Å². The standard InChI is InChI=1S/C20H30O5/c1-10-7-14-13(19(14,3)4)6-5-12(9-21)17(23)15-16(22)11(2)8-20(15,25)18(10)24/h5,7,11,13-17,21-23,25H,6,8-9H2,1-4H3/t11-,13-,14+,15-,16-,17+,20+/m0/s1. The Bertz CT molecular complexity index is 634. The van der Waals surface area contributed by atoms with Crippen molar-refractivity contribution in [3.05, 3.63) is 23.3 Å². The van der Waals surface area contributed by atoms with E-state index < -0.39 is 29.5 Å². The molecule has 7 atom stereocenters. The van der Waals surface area contributed by atoms with Crippen molar-refractivity contribution in [2.75, 3.05) is 6.61 Å². The summed E-state index contributed by atoms with van der Waals surface area (Å²) in [6, 6.07) is 0. The Labute approximate surface area is 149 Å². The van der Waals surface area contributed by atoms with E-state index in [9.17, 15) is 25.2 Å². The van der Waals surface area contributed by atoms with Crippen LogP contribution in [0.3, 0.4) is 0 Å². The first-order chi connectivity index (χ1) is 11.6. The number of aliphatic hydroxyl groups is 4. The summed E-state index contributed by atoms with van der Waals surface area (Å²) in [7, 11) is 0. The zero-order valence-corrected chi connectivity index (χ0v) is 15.4. The van der Waals surface area contributed by atoms with E-state index in [1.807, 2.05) is 12.2 Å². The van der Waals surface area contributed by atoms with Crippen molar-refractivity contribution >= 4 is 5.78 Å². The molecule has 0 radical (unpaired) electrons. The number of Topliss-reactive ketones (excluding diaryl/α,β-unsaturated/α-hetero) is 1. The van der Waals surface area contributed by atoms with E-state index in [1.165, 1.54) is 0 Å². The summed E-state index contributed by atoms with van der Waals surface area (Å²) < 4.78 is 0. The lowest BCUT2D eigenvalue weighted by Crippen LogP contribution is -2.51. The molecular weight excluding hydrogens is 320 g/mol. The van der Waals surface area contributed by atoms with Crippen molar-refractivity contribution in [2.24, 2.45) is 29.1 Å². The molecule has 0 aromatic rings. The maximum absolute atomic E-state index is 13.1. The predicted octanol–water partition coefficient (Wildman–Crippen LogP) is 1.21. The molecule has 0 aliphatic heterocycles. The third kappa shape index (κ3) is 2.72. The van der Waals surface area contributed by atoms with Crippen LogP contribution in [0.1, 0.15) is 40.5 Å². The van der Waals surface area contributed by atoms with Gasteiger partial charge in [-0.2, -0.15) is 0 Å². The van der Waals surface area contributed by atoms with Crippen LogP contribution in [0, 0.1) is 29.1 Å². The molecule has 2 saturated carbocycles. The summed E-state index contributed by atoms with van der Waals surface area (Å²) in [5.74, 6) is -1.19. The lowest BCUT2D eigenvalue weighted by molar-refractivity contribution is -0.144. The Morgan fingerprint density at radius 2 is 1.92 bits per heavy atom. The van der Waals surface area contributed by atoms with Gasteiger partial charge in [-0.15, -0.1) is 0 Å². The molecule has 0 amide bonds. The number of fused-ring (bicyclic) bond motifs is 2. The number of rotatable bonds is 1. The summed E-state index contributed by atoms with van der Waals surface area (Å²) in [6.45, 7) is 7.41. The maximum Gasteiger partial charge on any atom is 0.190 e. The van der Waals surface area contributed by atoms with Gasteiger partial charge in [-0.05, 0) is 54.1 Å². The monoisotopic (exact) mass is 350 g/mol. The molecule has 5 heteroatoms. The van der Waals surface area contributed by atoms with Gasteiger partial charge in [0.15, 0.2) is 5.78 Å². The van der Waals surface area contributed by atoms with Crippen LogP contribution < -0.4 is 0 Å². The molecule has 3 aliphatic carbocycles. The minimum Gasteiger partial charge on any atom is -0.392 e. The molecule has 2 fully saturated rings. The highest BCUT2D eigenvalue weighted by molar-refractivity contribution is 6.02. The molecule has 0 aromatic carbocycles. The molecular formula is C20H30O5. The summed E-state index contributed by atoms with van der Waals surface area (Å²) in [6.07, 6.45) is 2.33. The van der Waals surface area contributed by atoms with Gasteiger partial charge < -0.3 is 20.4 Å². The van der Waals surface area contributed by atoms with Gasteiger partial charge >= 0.3 is 0 Å². The third-order valence-electron chi connectivity index (χ3n) is 6.99. The van der Waals surface area contributed by atoms with Crippen molar-refractivity contribution < 1.29 is 25.2 Å². The summed E-state index contributed by atoms with van der Waals surface area (Å²) >= 11 is 0. The fraction of sp³-hybridized carbons (Fsp3) is 0.750. The van der Waals surface area contributed by atoms with Crippen LogP contribution in [-0.4, -0.2) is 50.6 Å². The Hall–Kier alpha value is -1.01. The Kier molecular flexibility index (Phi) is 4.52. The highest BCUT2D eigenvalue weighted by Crippen LogP contribution is 2.61. The molecule has 3 rings (SSSR count). The average molecular weight is 350 g/mol. The van der Waals surface area contributed by atoms with Gasteiger partial charge in [-0.1, -0.05) is 32.9 Å². The molecule has 140 valence electrons. The number of hydrogen-bond acceptors (Lipinski definition) is 5. The molecule has 0 spiro atoms. The van der Waals surface area contributed by atoms with E-state index in [0.29, 0.717) is 23.5 Å². The van der Waals surface area contributed by atoms with E-state index in [0.717, 1.165) is 0 Å². The largest absolute Gasteiger partial charge is 0.392 e. The SMILES string of the molecule is CC1=C[C@@H]2[C@H](CC=C(CO)[C@@H](O)[C@@H]3[C@@H](O)[C@@H](C)C[C@]3(O)C1=O)C2(C)C. The average Bonchev–Trinajstić information content (AvgIpc) is 2.94. The molecule has 3 aliphatic rings. The molecule has 0 saturated heterocycles. The zero-order chi connectivity index (χ0) is 18.7. The number of carbonyl (C=O) groups is 1. The van der Waals surface area contributed by atoms with Gasteiger partial charge in [0, 0.05) is 0 Å². The van der Waals surface area contributed by atoms with Crippen molar-refractivity contribution in [1.29, 1.82) is 0 Å². The second-order valence-electron chi connectivity index (χ2n) is 8.87. The molecule has 25 heavy (non-hydrogen) atoms. The quantitative estimate of drug-likeness (QED) is 0.533. The van der Waals surface area contributed by atoms with Gasteiger partial charge in [0.25, 0.3) is 0 Å². The van der Waals surface area contributed by atoms with E-state index in [1.54, 1.807) is 13.8 Å². The van der Waals surface area contributed by atoms with Crippen LogP contribution in [-0.2, 0) is 4.79 Å². The van der Waals surface area contributed by atoms with Crippen LogP contribution in [0.5, 0.6) is 0 Å². The van der Waals surface area contributed by atoms with E-state index in [2.05, 4.69) is 13.8 Å². The molecule has 0 unspecified atom stereocenters.